The highest BCUT2D eigenvalue weighted by Gasteiger charge is 2.24. The van der Waals surface area contributed by atoms with E-state index in [4.69, 9.17) is 4.74 Å². The number of hydrogen-bond donors (Lipinski definition) is 1. The van der Waals surface area contributed by atoms with Crippen molar-refractivity contribution in [2.24, 2.45) is 5.92 Å². The predicted octanol–water partition coefficient (Wildman–Crippen LogP) is 4.29. The van der Waals surface area contributed by atoms with E-state index in [1.54, 1.807) is 7.11 Å². The van der Waals surface area contributed by atoms with E-state index in [1.165, 1.54) is 35.9 Å². The second-order valence-corrected chi connectivity index (χ2v) is 9.48. The number of ether oxygens (including phenoxy) is 1. The Kier molecular flexibility index (Phi) is 7.56. The average molecular weight is 421 g/mol. The second-order valence-electron chi connectivity index (χ2n) is 7.28. The monoisotopic (exact) mass is 420 g/mol. The molecule has 152 valence electrons. The molecule has 0 unspecified atom stereocenters. The molecule has 3 rings (SSSR count). The lowest BCUT2D eigenvalue weighted by molar-refractivity contribution is -0.129. The number of amides is 1. The Morgan fingerprint density at radius 3 is 2.64 bits per heavy atom. The summed E-state index contributed by atoms with van der Waals surface area (Å²) in [5, 5.41) is 12.4. The lowest BCUT2D eigenvalue weighted by atomic mass is 9.87. The molecule has 0 aliphatic heterocycles. The van der Waals surface area contributed by atoms with Crippen LogP contribution in [0.3, 0.4) is 0 Å². The minimum Gasteiger partial charge on any atom is -0.497 e. The minimum absolute atomic E-state index is 0.174. The molecule has 0 spiro atoms. The predicted molar refractivity (Wildman–Crippen MR) is 115 cm³/mol. The molecule has 6 nitrogen and oxygen atoms in total. The van der Waals surface area contributed by atoms with Gasteiger partial charge in [-0.05, 0) is 49.3 Å². The van der Waals surface area contributed by atoms with Gasteiger partial charge in [0.15, 0.2) is 4.34 Å². The maximum Gasteiger partial charge on any atom is 0.233 e. The number of carbonyl (C=O) groups excluding carboxylic acids is 1. The lowest BCUT2D eigenvalue weighted by Crippen LogP contribution is -2.40. The van der Waals surface area contributed by atoms with Crippen molar-refractivity contribution in [2.45, 2.75) is 49.5 Å². The molecule has 2 aromatic rings. The molecule has 1 saturated carbocycles. The van der Waals surface area contributed by atoms with Gasteiger partial charge in [-0.25, -0.2) is 0 Å². The number of rotatable bonds is 8. The van der Waals surface area contributed by atoms with Crippen molar-refractivity contribution in [1.29, 1.82) is 0 Å². The molecule has 1 fully saturated rings. The third-order valence-corrected chi connectivity index (χ3v) is 7.25. The number of hydrogen-bond acceptors (Lipinski definition) is 7. The first kappa shape index (κ1) is 20.9. The Bertz CT molecular complexity index is 758. The van der Waals surface area contributed by atoms with Gasteiger partial charge in [0, 0.05) is 19.6 Å². The van der Waals surface area contributed by atoms with Crippen molar-refractivity contribution < 1.29 is 9.53 Å². The number of nitrogens with one attached hydrogen (secondary N) is 1. The highest BCUT2D eigenvalue weighted by atomic mass is 32.2. The van der Waals surface area contributed by atoms with Crippen molar-refractivity contribution in [2.75, 3.05) is 25.2 Å². The normalized spacial score (nSPS) is 19.2. The van der Waals surface area contributed by atoms with Gasteiger partial charge in [-0.1, -0.05) is 42.2 Å². The molecular formula is C20H28N4O2S2. The number of carbonyl (C=O) groups is 1. The van der Waals surface area contributed by atoms with Crippen LogP contribution in [0.1, 0.15) is 38.2 Å². The molecule has 1 aliphatic rings. The van der Waals surface area contributed by atoms with E-state index in [1.807, 2.05) is 36.2 Å². The Hall–Kier alpha value is -1.80. The summed E-state index contributed by atoms with van der Waals surface area (Å²) in [6.07, 6.45) is 4.67. The van der Waals surface area contributed by atoms with Crippen LogP contribution in [0.25, 0.3) is 0 Å². The molecule has 1 aromatic heterocycles. The van der Waals surface area contributed by atoms with Crippen molar-refractivity contribution in [3.63, 3.8) is 0 Å². The van der Waals surface area contributed by atoms with E-state index < -0.39 is 0 Å². The summed E-state index contributed by atoms with van der Waals surface area (Å²) in [6.45, 7) is 2.97. The van der Waals surface area contributed by atoms with E-state index in [9.17, 15) is 4.79 Å². The van der Waals surface area contributed by atoms with Crippen LogP contribution in [0, 0.1) is 5.92 Å². The third-order valence-electron chi connectivity index (χ3n) is 5.25. The van der Waals surface area contributed by atoms with Crippen LogP contribution in [0.2, 0.25) is 0 Å². The zero-order chi connectivity index (χ0) is 19.9. The highest BCUT2D eigenvalue weighted by Crippen LogP contribution is 2.29. The molecule has 1 N–H and O–H groups in total. The fourth-order valence-corrected chi connectivity index (χ4v) is 4.99. The molecule has 1 aromatic carbocycles. The van der Waals surface area contributed by atoms with Crippen molar-refractivity contribution in [3.05, 3.63) is 29.8 Å². The Morgan fingerprint density at radius 1 is 1.25 bits per heavy atom. The van der Waals surface area contributed by atoms with Crippen LogP contribution >= 0.6 is 23.1 Å². The third kappa shape index (κ3) is 5.85. The summed E-state index contributed by atoms with van der Waals surface area (Å²) >= 11 is 2.95. The lowest BCUT2D eigenvalue weighted by Gasteiger charge is -2.33. The molecule has 1 heterocycles. The van der Waals surface area contributed by atoms with Crippen LogP contribution in [0.5, 0.6) is 5.75 Å². The van der Waals surface area contributed by atoms with E-state index in [2.05, 4.69) is 22.4 Å². The molecule has 0 radical (unpaired) electrons. The number of methoxy groups -OCH3 is 1. The van der Waals surface area contributed by atoms with Gasteiger partial charge in [-0.15, -0.1) is 10.2 Å². The average Bonchev–Trinajstić information content (AvgIpc) is 3.19. The topological polar surface area (TPSA) is 67.3 Å². The fourth-order valence-electron chi connectivity index (χ4n) is 3.32. The molecule has 0 atom stereocenters. The Labute approximate surface area is 175 Å². The van der Waals surface area contributed by atoms with E-state index in [-0.39, 0.29) is 5.91 Å². The van der Waals surface area contributed by atoms with Gasteiger partial charge >= 0.3 is 0 Å². The number of thioether (sulfide) groups is 1. The van der Waals surface area contributed by atoms with Gasteiger partial charge in [0.25, 0.3) is 0 Å². The largest absolute Gasteiger partial charge is 0.497 e. The quantitative estimate of drug-likeness (QED) is 0.643. The van der Waals surface area contributed by atoms with Gasteiger partial charge in [0.2, 0.25) is 11.0 Å². The van der Waals surface area contributed by atoms with Gasteiger partial charge in [0.1, 0.15) is 5.75 Å². The van der Waals surface area contributed by atoms with Gasteiger partial charge < -0.3 is 15.0 Å². The van der Waals surface area contributed by atoms with Crippen molar-refractivity contribution in [1.82, 2.24) is 15.1 Å². The summed E-state index contributed by atoms with van der Waals surface area (Å²) in [7, 11) is 3.59. The van der Waals surface area contributed by atoms with E-state index in [0.717, 1.165) is 39.5 Å². The molecule has 0 bridgehead atoms. The maximum absolute atomic E-state index is 12.5. The first-order valence-electron chi connectivity index (χ1n) is 9.64. The summed E-state index contributed by atoms with van der Waals surface area (Å²) in [5.74, 6) is 2.22. The standard InChI is InChI=1S/C20H28N4O2S2/c1-14-4-8-16(9-5-14)24(2)18(25)13-27-20-23-22-19(28-20)21-12-15-6-10-17(26-3)11-7-15/h6-7,10-11,14,16H,4-5,8-9,12-13H2,1-3H3,(H,21,22). The van der Waals surface area contributed by atoms with Gasteiger partial charge in [0.05, 0.1) is 12.9 Å². The van der Waals surface area contributed by atoms with E-state index >= 15 is 0 Å². The molecule has 0 saturated heterocycles. The molecular weight excluding hydrogens is 392 g/mol. The highest BCUT2D eigenvalue weighted by molar-refractivity contribution is 8.01. The van der Waals surface area contributed by atoms with Crippen molar-refractivity contribution in [3.8, 4) is 5.75 Å². The zero-order valence-corrected chi connectivity index (χ0v) is 18.3. The number of aromatic nitrogens is 2. The first-order valence-corrected chi connectivity index (χ1v) is 11.4. The summed E-state index contributed by atoms with van der Waals surface area (Å²) < 4.78 is 5.98. The van der Waals surface area contributed by atoms with Crippen LogP contribution in [-0.4, -0.2) is 47.0 Å². The van der Waals surface area contributed by atoms with Crippen LogP contribution in [0.4, 0.5) is 5.13 Å². The molecule has 28 heavy (non-hydrogen) atoms. The SMILES string of the molecule is COc1ccc(CNc2nnc(SCC(=O)N(C)C3CCC(C)CC3)s2)cc1. The summed E-state index contributed by atoms with van der Waals surface area (Å²) in [6, 6.07) is 8.30. The number of nitrogens with zero attached hydrogens (tertiary/aromatic N) is 3. The summed E-state index contributed by atoms with van der Waals surface area (Å²) in [5.41, 5.74) is 1.14. The minimum atomic E-state index is 0.174. The number of anilines is 1. The molecule has 8 heteroatoms. The first-order chi connectivity index (χ1) is 13.5. The fraction of sp³-hybridized carbons (Fsp3) is 0.550. The molecule has 1 amide bonds. The zero-order valence-electron chi connectivity index (χ0n) is 16.7. The van der Waals surface area contributed by atoms with Crippen LogP contribution in [0.15, 0.2) is 28.6 Å². The van der Waals surface area contributed by atoms with Crippen LogP contribution in [-0.2, 0) is 11.3 Å². The van der Waals surface area contributed by atoms with E-state index in [0.29, 0.717) is 18.3 Å². The molecule has 1 aliphatic carbocycles. The second kappa shape index (κ2) is 10.1. The summed E-state index contributed by atoms with van der Waals surface area (Å²) in [4.78, 5) is 14.4. The Morgan fingerprint density at radius 2 is 1.96 bits per heavy atom. The number of benzene rings is 1. The van der Waals surface area contributed by atoms with Crippen molar-refractivity contribution >= 4 is 34.1 Å². The van der Waals surface area contributed by atoms with Gasteiger partial charge in [-0.3, -0.25) is 4.79 Å². The smallest absolute Gasteiger partial charge is 0.233 e. The van der Waals surface area contributed by atoms with Crippen LogP contribution < -0.4 is 10.1 Å². The Balaban J connectivity index is 1.43. The van der Waals surface area contributed by atoms with Gasteiger partial charge in [-0.2, -0.15) is 0 Å². The maximum atomic E-state index is 12.5.